The summed E-state index contributed by atoms with van der Waals surface area (Å²) < 4.78 is 27.4. The molecule has 0 bridgehead atoms. The van der Waals surface area contributed by atoms with Crippen molar-refractivity contribution in [2.24, 2.45) is 5.73 Å². The van der Waals surface area contributed by atoms with Crippen molar-refractivity contribution in [1.82, 2.24) is 0 Å². The summed E-state index contributed by atoms with van der Waals surface area (Å²) in [6, 6.07) is 7.66. The van der Waals surface area contributed by atoms with E-state index in [9.17, 15) is 8.42 Å². The normalized spacial score (nSPS) is 14.6. The number of sulfonamides is 1. The van der Waals surface area contributed by atoms with Gasteiger partial charge in [0, 0.05) is 18.0 Å². The first-order valence-electron chi connectivity index (χ1n) is 6.43. The highest BCUT2D eigenvalue weighted by atomic mass is 32.2. The molecule has 20 heavy (non-hydrogen) atoms. The molecule has 0 unspecified atom stereocenters. The molecule has 0 radical (unpaired) electrons. The van der Waals surface area contributed by atoms with Crippen LogP contribution in [0, 0.1) is 6.92 Å². The fourth-order valence-corrected chi connectivity index (χ4v) is 5.80. The molecule has 0 saturated heterocycles. The van der Waals surface area contributed by atoms with Crippen molar-refractivity contribution in [3.63, 3.8) is 0 Å². The third kappa shape index (κ3) is 1.95. The molecule has 4 nitrogen and oxygen atoms in total. The summed E-state index contributed by atoms with van der Waals surface area (Å²) in [4.78, 5) is 1.12. The molecule has 0 fully saturated rings. The predicted octanol–water partition coefficient (Wildman–Crippen LogP) is 2.27. The van der Waals surface area contributed by atoms with E-state index in [0.717, 1.165) is 28.1 Å². The summed E-state index contributed by atoms with van der Waals surface area (Å²) in [6.45, 7) is 2.58. The Kier molecular flexibility index (Phi) is 3.32. The van der Waals surface area contributed by atoms with Crippen molar-refractivity contribution < 1.29 is 8.42 Å². The van der Waals surface area contributed by atoms with E-state index in [2.05, 4.69) is 0 Å². The van der Waals surface area contributed by atoms with Gasteiger partial charge < -0.3 is 5.73 Å². The minimum Gasteiger partial charge on any atom is -0.326 e. The first-order chi connectivity index (χ1) is 9.55. The lowest BCUT2D eigenvalue weighted by molar-refractivity contribution is 0.591. The zero-order valence-electron chi connectivity index (χ0n) is 11.2. The number of hydrogen-bond acceptors (Lipinski definition) is 4. The molecule has 106 valence electrons. The summed E-state index contributed by atoms with van der Waals surface area (Å²) >= 11 is 1.41. The van der Waals surface area contributed by atoms with Gasteiger partial charge in [-0.2, -0.15) is 0 Å². The number of hydrogen-bond donors (Lipinski definition) is 1. The number of rotatable bonds is 3. The molecule has 1 aromatic carbocycles. The number of aryl methyl sites for hydroxylation is 1. The van der Waals surface area contributed by atoms with Gasteiger partial charge in [-0.05, 0) is 35.9 Å². The molecular formula is C14H16N2O2S2. The molecule has 1 aliphatic rings. The molecule has 6 heteroatoms. The highest BCUT2D eigenvalue weighted by Crippen LogP contribution is 2.36. The molecule has 3 rings (SSSR count). The van der Waals surface area contributed by atoms with Crippen LogP contribution >= 0.6 is 11.3 Å². The van der Waals surface area contributed by atoms with E-state index < -0.39 is 10.0 Å². The Morgan fingerprint density at radius 1 is 1.35 bits per heavy atom. The van der Waals surface area contributed by atoms with Crippen LogP contribution in [-0.2, 0) is 23.0 Å². The average molecular weight is 308 g/mol. The molecule has 1 aliphatic heterocycles. The van der Waals surface area contributed by atoms with Gasteiger partial charge in [0.1, 0.15) is 4.90 Å². The summed E-state index contributed by atoms with van der Waals surface area (Å²) in [5.41, 5.74) is 8.33. The van der Waals surface area contributed by atoms with Crippen LogP contribution in [0.1, 0.15) is 16.0 Å². The summed E-state index contributed by atoms with van der Waals surface area (Å²) in [6.07, 6.45) is 0.760. The Morgan fingerprint density at radius 2 is 2.10 bits per heavy atom. The molecule has 0 spiro atoms. The van der Waals surface area contributed by atoms with Gasteiger partial charge in [0.2, 0.25) is 0 Å². The lowest BCUT2D eigenvalue weighted by Gasteiger charge is -2.20. The quantitative estimate of drug-likeness (QED) is 0.946. The van der Waals surface area contributed by atoms with Crippen LogP contribution in [0.15, 0.2) is 34.5 Å². The minimum absolute atomic E-state index is 0.253. The smallest absolute Gasteiger partial charge is 0.265 e. The van der Waals surface area contributed by atoms with Crippen molar-refractivity contribution in [2.75, 3.05) is 10.8 Å². The van der Waals surface area contributed by atoms with Gasteiger partial charge in [0.25, 0.3) is 10.0 Å². The standard InChI is InChI=1S/C14H16N2O2S2/c1-10-9-19-13(8-15)14(10)20(17,18)16-7-6-11-4-2-3-5-12(11)16/h2-5,9H,6-8,15H2,1H3. The van der Waals surface area contributed by atoms with E-state index in [1.807, 2.05) is 36.6 Å². The van der Waals surface area contributed by atoms with Crippen LogP contribution in [0.2, 0.25) is 0 Å². The van der Waals surface area contributed by atoms with Crippen molar-refractivity contribution in [2.45, 2.75) is 24.8 Å². The molecule has 0 atom stereocenters. The van der Waals surface area contributed by atoms with E-state index in [-0.39, 0.29) is 6.54 Å². The van der Waals surface area contributed by atoms with Gasteiger partial charge in [-0.15, -0.1) is 11.3 Å². The van der Waals surface area contributed by atoms with Gasteiger partial charge in [-0.25, -0.2) is 8.42 Å². The van der Waals surface area contributed by atoms with Crippen LogP contribution < -0.4 is 10.0 Å². The monoisotopic (exact) mass is 308 g/mol. The Morgan fingerprint density at radius 3 is 2.85 bits per heavy atom. The average Bonchev–Trinajstić information content (AvgIpc) is 3.02. The number of anilines is 1. The fraction of sp³-hybridized carbons (Fsp3) is 0.286. The van der Waals surface area contributed by atoms with Crippen LogP contribution in [0.25, 0.3) is 0 Å². The molecule has 2 aromatic rings. The molecular weight excluding hydrogens is 292 g/mol. The number of thiophene rings is 1. The van der Waals surface area contributed by atoms with E-state index in [1.165, 1.54) is 15.6 Å². The van der Waals surface area contributed by atoms with Crippen molar-refractivity contribution in [1.29, 1.82) is 0 Å². The van der Waals surface area contributed by atoms with Crippen molar-refractivity contribution in [3.8, 4) is 0 Å². The van der Waals surface area contributed by atoms with Crippen LogP contribution in [-0.4, -0.2) is 15.0 Å². The van der Waals surface area contributed by atoms with Crippen LogP contribution in [0.5, 0.6) is 0 Å². The Hall–Kier alpha value is -1.37. The van der Waals surface area contributed by atoms with Crippen LogP contribution in [0.3, 0.4) is 0 Å². The number of benzene rings is 1. The maximum absolute atomic E-state index is 12.9. The van der Waals surface area contributed by atoms with E-state index >= 15 is 0 Å². The lowest BCUT2D eigenvalue weighted by Crippen LogP contribution is -2.30. The third-order valence-electron chi connectivity index (χ3n) is 3.57. The Labute approximate surface area is 122 Å². The van der Waals surface area contributed by atoms with Gasteiger partial charge in [0.15, 0.2) is 0 Å². The second kappa shape index (κ2) is 4.87. The van der Waals surface area contributed by atoms with E-state index in [4.69, 9.17) is 5.73 Å². The summed E-state index contributed by atoms with van der Waals surface area (Å²) in [5.74, 6) is 0. The molecule has 0 aliphatic carbocycles. The lowest BCUT2D eigenvalue weighted by atomic mass is 10.2. The van der Waals surface area contributed by atoms with Gasteiger partial charge in [0.05, 0.1) is 5.69 Å². The fourth-order valence-electron chi connectivity index (χ4n) is 2.64. The molecule has 0 saturated carbocycles. The van der Waals surface area contributed by atoms with E-state index in [1.54, 1.807) is 0 Å². The largest absolute Gasteiger partial charge is 0.326 e. The topological polar surface area (TPSA) is 63.4 Å². The number of fused-ring (bicyclic) bond motifs is 1. The predicted molar refractivity (Wildman–Crippen MR) is 81.6 cm³/mol. The molecule has 2 heterocycles. The van der Waals surface area contributed by atoms with Gasteiger partial charge in [-0.1, -0.05) is 18.2 Å². The zero-order valence-corrected chi connectivity index (χ0v) is 12.8. The van der Waals surface area contributed by atoms with Gasteiger partial charge >= 0.3 is 0 Å². The summed E-state index contributed by atoms with van der Waals surface area (Å²) in [5, 5.41) is 1.86. The maximum atomic E-state index is 12.9. The first-order valence-corrected chi connectivity index (χ1v) is 8.75. The third-order valence-corrected chi connectivity index (χ3v) is 6.87. The van der Waals surface area contributed by atoms with Gasteiger partial charge in [-0.3, -0.25) is 4.31 Å². The maximum Gasteiger partial charge on any atom is 0.265 e. The molecule has 1 aromatic heterocycles. The zero-order chi connectivity index (χ0) is 14.3. The SMILES string of the molecule is Cc1csc(CN)c1S(=O)(=O)N1CCc2ccccc21. The van der Waals surface area contributed by atoms with Crippen molar-refractivity contribution >= 4 is 27.0 Å². The number of nitrogens with two attached hydrogens (primary N) is 1. The number of nitrogens with zero attached hydrogens (tertiary/aromatic N) is 1. The highest BCUT2D eigenvalue weighted by Gasteiger charge is 2.33. The first kappa shape index (κ1) is 13.6. The summed E-state index contributed by atoms with van der Waals surface area (Å²) in [7, 11) is -3.52. The molecule has 2 N–H and O–H groups in total. The number of para-hydroxylation sites is 1. The van der Waals surface area contributed by atoms with Crippen molar-refractivity contribution in [3.05, 3.63) is 45.6 Å². The molecule has 0 amide bonds. The Bertz CT molecular complexity index is 750. The second-order valence-corrected chi connectivity index (χ2v) is 7.59. The minimum atomic E-state index is -3.52. The second-order valence-electron chi connectivity index (χ2n) is 4.83. The highest BCUT2D eigenvalue weighted by molar-refractivity contribution is 7.93. The Balaban J connectivity index is 2.13. The van der Waals surface area contributed by atoms with E-state index in [0.29, 0.717) is 11.4 Å². The van der Waals surface area contributed by atoms with Crippen LogP contribution in [0.4, 0.5) is 5.69 Å².